The number of hydrogen-bond donors (Lipinski definition) is 1. The third-order valence-electron chi connectivity index (χ3n) is 2.30. The zero-order valence-corrected chi connectivity index (χ0v) is 8.14. The molecule has 0 saturated heterocycles. The molecule has 70 valence electrons. The molecule has 0 bridgehead atoms. The van der Waals surface area contributed by atoms with E-state index in [9.17, 15) is 5.11 Å². The van der Waals surface area contributed by atoms with Gasteiger partial charge in [0.25, 0.3) is 0 Å². The van der Waals surface area contributed by atoms with E-state index in [1.54, 1.807) is 6.07 Å². The minimum absolute atomic E-state index is 0.403. The van der Waals surface area contributed by atoms with Gasteiger partial charge >= 0.3 is 0 Å². The van der Waals surface area contributed by atoms with Gasteiger partial charge in [-0.05, 0) is 24.6 Å². The Bertz CT molecular complexity index is 336. The Kier molecular flexibility index (Phi) is 2.18. The maximum absolute atomic E-state index is 9.65. The number of hydrogen-bond acceptors (Lipinski definition) is 2. The lowest BCUT2D eigenvalue weighted by molar-refractivity contribution is 0.115. The van der Waals surface area contributed by atoms with E-state index in [0.717, 1.165) is 11.1 Å². The first-order valence-corrected chi connectivity index (χ1v) is 4.67. The summed E-state index contributed by atoms with van der Waals surface area (Å²) in [6.45, 7) is 2.48. The van der Waals surface area contributed by atoms with Crippen molar-refractivity contribution in [2.24, 2.45) is 0 Å². The van der Waals surface area contributed by atoms with Crippen LogP contribution in [0.15, 0.2) is 12.1 Å². The molecule has 2 rings (SSSR count). The van der Waals surface area contributed by atoms with E-state index in [0.29, 0.717) is 23.8 Å². The van der Waals surface area contributed by atoms with E-state index in [1.165, 1.54) is 0 Å². The predicted octanol–water partition coefficient (Wildman–Crippen LogP) is 2.46. The van der Waals surface area contributed by atoms with Gasteiger partial charge in [-0.25, -0.2) is 0 Å². The molecule has 1 atom stereocenters. The molecule has 1 aliphatic rings. The van der Waals surface area contributed by atoms with Crippen molar-refractivity contribution in [3.8, 4) is 5.75 Å². The van der Waals surface area contributed by atoms with Gasteiger partial charge in [0.05, 0.1) is 12.7 Å². The van der Waals surface area contributed by atoms with Crippen LogP contribution < -0.4 is 4.74 Å². The van der Waals surface area contributed by atoms with Gasteiger partial charge in [0.15, 0.2) is 0 Å². The molecule has 1 aromatic carbocycles. The molecule has 1 heterocycles. The van der Waals surface area contributed by atoms with Crippen LogP contribution in [0, 0.1) is 6.92 Å². The molecule has 0 radical (unpaired) electrons. The first kappa shape index (κ1) is 8.85. The van der Waals surface area contributed by atoms with Gasteiger partial charge in [0, 0.05) is 17.0 Å². The Morgan fingerprint density at radius 1 is 1.54 bits per heavy atom. The second-order valence-electron chi connectivity index (χ2n) is 3.29. The summed E-state index contributed by atoms with van der Waals surface area (Å²) >= 11 is 5.93. The molecule has 1 unspecified atom stereocenters. The zero-order chi connectivity index (χ0) is 9.42. The molecule has 0 aliphatic carbocycles. The van der Waals surface area contributed by atoms with Gasteiger partial charge in [-0.3, -0.25) is 0 Å². The fourth-order valence-electron chi connectivity index (χ4n) is 1.51. The SMILES string of the molecule is Cc1cc2c(cc1Cl)OCCC2O. The van der Waals surface area contributed by atoms with E-state index < -0.39 is 6.10 Å². The summed E-state index contributed by atoms with van der Waals surface area (Å²) in [7, 11) is 0. The highest BCUT2D eigenvalue weighted by molar-refractivity contribution is 6.31. The maximum atomic E-state index is 9.65. The Labute approximate surface area is 82.1 Å². The molecular weight excluding hydrogens is 188 g/mol. The fraction of sp³-hybridized carbons (Fsp3) is 0.400. The maximum Gasteiger partial charge on any atom is 0.126 e. The van der Waals surface area contributed by atoms with Crippen LogP contribution in [-0.2, 0) is 0 Å². The Morgan fingerprint density at radius 3 is 3.08 bits per heavy atom. The lowest BCUT2D eigenvalue weighted by atomic mass is 10.0. The van der Waals surface area contributed by atoms with Crippen molar-refractivity contribution in [2.75, 3.05) is 6.61 Å². The third kappa shape index (κ3) is 1.52. The highest BCUT2D eigenvalue weighted by Gasteiger charge is 2.19. The highest BCUT2D eigenvalue weighted by Crippen LogP contribution is 2.35. The van der Waals surface area contributed by atoms with Gasteiger partial charge in [-0.2, -0.15) is 0 Å². The standard InChI is InChI=1S/C10H11ClO2/c1-6-4-7-9(12)2-3-13-10(7)5-8(6)11/h4-5,9,12H,2-3H2,1H3. The smallest absolute Gasteiger partial charge is 0.126 e. The Morgan fingerprint density at radius 2 is 2.31 bits per heavy atom. The number of aryl methyl sites for hydroxylation is 1. The van der Waals surface area contributed by atoms with Crippen LogP contribution in [0.1, 0.15) is 23.7 Å². The summed E-state index contributed by atoms with van der Waals surface area (Å²) in [5.41, 5.74) is 1.83. The summed E-state index contributed by atoms with van der Waals surface area (Å²) in [6.07, 6.45) is 0.258. The zero-order valence-electron chi connectivity index (χ0n) is 7.38. The fourth-order valence-corrected chi connectivity index (χ4v) is 1.66. The van der Waals surface area contributed by atoms with E-state index in [-0.39, 0.29) is 0 Å². The Balaban J connectivity index is 2.52. The number of aliphatic hydroxyl groups excluding tert-OH is 1. The first-order chi connectivity index (χ1) is 6.18. The van der Waals surface area contributed by atoms with Crippen LogP contribution in [0.2, 0.25) is 5.02 Å². The molecule has 0 amide bonds. The first-order valence-electron chi connectivity index (χ1n) is 4.29. The van der Waals surface area contributed by atoms with E-state index >= 15 is 0 Å². The monoisotopic (exact) mass is 198 g/mol. The lowest BCUT2D eigenvalue weighted by Crippen LogP contribution is -2.13. The van der Waals surface area contributed by atoms with Gasteiger partial charge in [0.1, 0.15) is 5.75 Å². The van der Waals surface area contributed by atoms with Crippen molar-refractivity contribution in [1.29, 1.82) is 0 Å². The van der Waals surface area contributed by atoms with Gasteiger partial charge < -0.3 is 9.84 Å². The summed E-state index contributed by atoms with van der Waals surface area (Å²) in [5.74, 6) is 0.717. The molecule has 0 saturated carbocycles. The third-order valence-corrected chi connectivity index (χ3v) is 2.71. The van der Waals surface area contributed by atoms with Crippen LogP contribution in [0.4, 0.5) is 0 Å². The molecular formula is C10H11ClO2. The van der Waals surface area contributed by atoms with E-state index in [1.807, 2.05) is 13.0 Å². The summed E-state index contributed by atoms with van der Waals surface area (Å²) < 4.78 is 5.39. The number of ether oxygens (including phenoxy) is 1. The quantitative estimate of drug-likeness (QED) is 0.694. The average molecular weight is 199 g/mol. The summed E-state index contributed by atoms with van der Waals surface area (Å²) in [6, 6.07) is 3.66. The molecule has 0 spiro atoms. The number of benzene rings is 1. The molecule has 0 fully saturated rings. The van der Waals surface area contributed by atoms with Crippen molar-refractivity contribution in [2.45, 2.75) is 19.4 Å². The van der Waals surface area contributed by atoms with Crippen LogP contribution in [0.5, 0.6) is 5.75 Å². The molecule has 2 nitrogen and oxygen atoms in total. The predicted molar refractivity (Wildman–Crippen MR) is 51.3 cm³/mol. The molecule has 1 N–H and O–H groups in total. The number of fused-ring (bicyclic) bond motifs is 1. The van der Waals surface area contributed by atoms with E-state index in [2.05, 4.69) is 0 Å². The number of halogens is 1. The minimum Gasteiger partial charge on any atom is -0.493 e. The van der Waals surface area contributed by atoms with Crippen LogP contribution in [-0.4, -0.2) is 11.7 Å². The topological polar surface area (TPSA) is 29.5 Å². The second kappa shape index (κ2) is 3.20. The lowest BCUT2D eigenvalue weighted by Gasteiger charge is -2.22. The molecule has 13 heavy (non-hydrogen) atoms. The van der Waals surface area contributed by atoms with Gasteiger partial charge in [-0.1, -0.05) is 11.6 Å². The van der Waals surface area contributed by atoms with Crippen molar-refractivity contribution in [3.05, 3.63) is 28.3 Å². The minimum atomic E-state index is -0.403. The van der Waals surface area contributed by atoms with Gasteiger partial charge in [-0.15, -0.1) is 0 Å². The van der Waals surface area contributed by atoms with Crippen LogP contribution in [0.3, 0.4) is 0 Å². The van der Waals surface area contributed by atoms with Crippen LogP contribution in [0.25, 0.3) is 0 Å². The molecule has 0 aromatic heterocycles. The highest BCUT2D eigenvalue weighted by atomic mass is 35.5. The number of aliphatic hydroxyl groups is 1. The van der Waals surface area contributed by atoms with Crippen LogP contribution >= 0.6 is 11.6 Å². The molecule has 3 heteroatoms. The van der Waals surface area contributed by atoms with Gasteiger partial charge in [0.2, 0.25) is 0 Å². The van der Waals surface area contributed by atoms with Crippen molar-refractivity contribution >= 4 is 11.6 Å². The van der Waals surface area contributed by atoms with Crippen molar-refractivity contribution in [3.63, 3.8) is 0 Å². The average Bonchev–Trinajstić information content (AvgIpc) is 2.09. The second-order valence-corrected chi connectivity index (χ2v) is 3.70. The van der Waals surface area contributed by atoms with Crippen molar-refractivity contribution in [1.82, 2.24) is 0 Å². The molecule has 1 aromatic rings. The Hall–Kier alpha value is -0.730. The van der Waals surface area contributed by atoms with E-state index in [4.69, 9.17) is 16.3 Å². The summed E-state index contributed by atoms with van der Waals surface area (Å²) in [5, 5.41) is 10.3. The largest absolute Gasteiger partial charge is 0.493 e. The molecule has 1 aliphatic heterocycles. The number of rotatable bonds is 0. The van der Waals surface area contributed by atoms with Crippen molar-refractivity contribution < 1.29 is 9.84 Å². The normalized spacial score (nSPS) is 20.7. The summed E-state index contributed by atoms with van der Waals surface area (Å²) in [4.78, 5) is 0.